The van der Waals surface area contributed by atoms with Crippen LogP contribution in [0.15, 0.2) is 67.0 Å². The Balaban J connectivity index is 1.70. The first-order valence-electron chi connectivity index (χ1n) is 9.03. The van der Waals surface area contributed by atoms with Gasteiger partial charge in [0.15, 0.2) is 0 Å². The molecule has 2 aromatic carbocycles. The van der Waals surface area contributed by atoms with Crippen LogP contribution in [0.5, 0.6) is 5.75 Å². The van der Waals surface area contributed by atoms with Crippen molar-refractivity contribution in [2.75, 3.05) is 24.4 Å². The van der Waals surface area contributed by atoms with Gasteiger partial charge < -0.3 is 20.1 Å². The average molecular weight is 391 g/mol. The van der Waals surface area contributed by atoms with Crippen molar-refractivity contribution in [2.24, 2.45) is 0 Å². The molecule has 0 atom stereocenters. The molecule has 0 saturated heterocycles. The van der Waals surface area contributed by atoms with Crippen LogP contribution in [-0.4, -0.2) is 30.6 Å². The van der Waals surface area contributed by atoms with Gasteiger partial charge in [-0.05, 0) is 55.5 Å². The molecule has 7 nitrogen and oxygen atoms in total. The number of esters is 1. The second-order valence-electron chi connectivity index (χ2n) is 6.07. The number of hydrogen-bond donors (Lipinski definition) is 2. The first-order chi connectivity index (χ1) is 14.1. The molecule has 7 heteroatoms. The van der Waals surface area contributed by atoms with E-state index in [4.69, 9.17) is 9.47 Å². The normalized spacial score (nSPS) is 10.1. The summed E-state index contributed by atoms with van der Waals surface area (Å²) in [4.78, 5) is 28.3. The lowest BCUT2D eigenvalue weighted by Gasteiger charge is -2.10. The van der Waals surface area contributed by atoms with E-state index in [-0.39, 0.29) is 5.91 Å². The standard InChI is InChI=1S/C22H21N3O4/c1-3-29-20-9-7-17(8-10-20)25-21(26)16-12-19(14-23-13-16)24-18-6-4-5-15(11-18)22(27)28-2/h4-14,24H,3H2,1-2H3,(H,25,26). The summed E-state index contributed by atoms with van der Waals surface area (Å²) in [6.45, 7) is 2.50. The Labute approximate surface area is 168 Å². The van der Waals surface area contributed by atoms with Gasteiger partial charge in [0, 0.05) is 17.6 Å². The van der Waals surface area contributed by atoms with Gasteiger partial charge in [-0.3, -0.25) is 9.78 Å². The zero-order chi connectivity index (χ0) is 20.6. The molecule has 29 heavy (non-hydrogen) atoms. The van der Waals surface area contributed by atoms with E-state index in [1.54, 1.807) is 60.8 Å². The van der Waals surface area contributed by atoms with Gasteiger partial charge in [-0.25, -0.2) is 4.79 Å². The molecule has 0 aliphatic rings. The molecule has 0 aliphatic carbocycles. The smallest absolute Gasteiger partial charge is 0.337 e. The van der Waals surface area contributed by atoms with Crippen molar-refractivity contribution in [3.05, 3.63) is 78.1 Å². The van der Waals surface area contributed by atoms with Gasteiger partial charge >= 0.3 is 5.97 Å². The maximum Gasteiger partial charge on any atom is 0.337 e. The third-order valence-corrected chi connectivity index (χ3v) is 4.00. The first-order valence-corrected chi connectivity index (χ1v) is 9.03. The number of methoxy groups -OCH3 is 1. The maximum absolute atomic E-state index is 12.5. The van der Waals surface area contributed by atoms with Gasteiger partial charge in [-0.2, -0.15) is 0 Å². The minimum atomic E-state index is -0.421. The van der Waals surface area contributed by atoms with Crippen LogP contribution in [0.3, 0.4) is 0 Å². The summed E-state index contributed by atoms with van der Waals surface area (Å²) in [5, 5.41) is 5.96. The van der Waals surface area contributed by atoms with Gasteiger partial charge in [0.05, 0.1) is 36.7 Å². The van der Waals surface area contributed by atoms with Gasteiger partial charge in [-0.15, -0.1) is 0 Å². The third kappa shape index (κ3) is 5.32. The predicted octanol–water partition coefficient (Wildman–Crippen LogP) is 4.26. The van der Waals surface area contributed by atoms with Crippen molar-refractivity contribution in [1.82, 2.24) is 4.98 Å². The number of carbonyl (C=O) groups excluding carboxylic acids is 2. The number of hydrogen-bond acceptors (Lipinski definition) is 6. The van der Waals surface area contributed by atoms with Crippen LogP contribution < -0.4 is 15.4 Å². The molecular formula is C22H21N3O4. The third-order valence-electron chi connectivity index (χ3n) is 4.00. The van der Waals surface area contributed by atoms with E-state index in [1.165, 1.54) is 13.3 Å². The number of aromatic nitrogens is 1. The van der Waals surface area contributed by atoms with Crippen LogP contribution in [0.1, 0.15) is 27.6 Å². The van der Waals surface area contributed by atoms with Crippen LogP contribution in [0.4, 0.5) is 17.1 Å². The number of ether oxygens (including phenoxy) is 2. The van der Waals surface area contributed by atoms with Crippen LogP contribution >= 0.6 is 0 Å². The Bertz CT molecular complexity index is 1000. The lowest BCUT2D eigenvalue weighted by Crippen LogP contribution is -2.12. The highest BCUT2D eigenvalue weighted by atomic mass is 16.5. The fraction of sp³-hybridized carbons (Fsp3) is 0.136. The Morgan fingerprint density at radius 1 is 0.931 bits per heavy atom. The van der Waals surface area contributed by atoms with E-state index in [1.807, 2.05) is 6.92 Å². The molecule has 148 valence electrons. The van der Waals surface area contributed by atoms with Crippen molar-refractivity contribution >= 4 is 28.9 Å². The lowest BCUT2D eigenvalue weighted by atomic mass is 10.2. The summed E-state index contributed by atoms with van der Waals surface area (Å²) in [5.41, 5.74) is 2.77. The molecule has 0 aliphatic heterocycles. The van der Waals surface area contributed by atoms with E-state index in [0.717, 1.165) is 5.75 Å². The zero-order valence-corrected chi connectivity index (χ0v) is 16.1. The number of anilines is 3. The number of nitrogens with one attached hydrogen (secondary N) is 2. The summed E-state index contributed by atoms with van der Waals surface area (Å²) in [5.74, 6) is 0.0384. The summed E-state index contributed by atoms with van der Waals surface area (Å²) in [7, 11) is 1.33. The zero-order valence-electron chi connectivity index (χ0n) is 16.1. The molecule has 0 bridgehead atoms. The van der Waals surface area contributed by atoms with Gasteiger partial charge in [0.1, 0.15) is 5.75 Å². The predicted molar refractivity (Wildman–Crippen MR) is 111 cm³/mol. The van der Waals surface area contributed by atoms with Crippen LogP contribution in [0.2, 0.25) is 0 Å². The Morgan fingerprint density at radius 3 is 2.41 bits per heavy atom. The number of carbonyl (C=O) groups is 2. The molecule has 0 saturated carbocycles. The molecule has 3 aromatic rings. The fourth-order valence-electron chi connectivity index (χ4n) is 2.65. The number of benzene rings is 2. The second kappa shape index (κ2) is 9.36. The SMILES string of the molecule is CCOc1ccc(NC(=O)c2cncc(Nc3cccc(C(=O)OC)c3)c2)cc1. The molecule has 1 amide bonds. The van der Waals surface area contributed by atoms with E-state index in [2.05, 4.69) is 15.6 Å². The van der Waals surface area contributed by atoms with Crippen molar-refractivity contribution in [2.45, 2.75) is 6.92 Å². The number of rotatable bonds is 7. The minimum absolute atomic E-state index is 0.284. The second-order valence-corrected chi connectivity index (χ2v) is 6.07. The topological polar surface area (TPSA) is 89.5 Å². The maximum atomic E-state index is 12.5. The van der Waals surface area contributed by atoms with Crippen molar-refractivity contribution < 1.29 is 19.1 Å². The van der Waals surface area contributed by atoms with Gasteiger partial charge in [0.2, 0.25) is 0 Å². The highest BCUT2D eigenvalue weighted by Gasteiger charge is 2.09. The van der Waals surface area contributed by atoms with E-state index < -0.39 is 5.97 Å². The summed E-state index contributed by atoms with van der Waals surface area (Å²) in [6, 6.07) is 15.7. The Morgan fingerprint density at radius 2 is 1.69 bits per heavy atom. The Kier molecular flexibility index (Phi) is 6.42. The number of pyridine rings is 1. The molecule has 3 rings (SSSR count). The van der Waals surface area contributed by atoms with Crippen molar-refractivity contribution in [3.63, 3.8) is 0 Å². The summed E-state index contributed by atoms with van der Waals surface area (Å²) >= 11 is 0. The minimum Gasteiger partial charge on any atom is -0.494 e. The number of nitrogens with zero attached hydrogens (tertiary/aromatic N) is 1. The monoisotopic (exact) mass is 391 g/mol. The Hall–Kier alpha value is -3.87. The van der Waals surface area contributed by atoms with Crippen LogP contribution in [0, 0.1) is 0 Å². The molecule has 0 fully saturated rings. The quantitative estimate of drug-likeness (QED) is 0.585. The molecule has 2 N–H and O–H groups in total. The molecule has 1 aromatic heterocycles. The molecule has 1 heterocycles. The van der Waals surface area contributed by atoms with Gasteiger partial charge in [-0.1, -0.05) is 6.07 Å². The van der Waals surface area contributed by atoms with Crippen LogP contribution in [-0.2, 0) is 4.74 Å². The van der Waals surface area contributed by atoms with Gasteiger partial charge in [0.25, 0.3) is 5.91 Å². The van der Waals surface area contributed by atoms with Crippen LogP contribution in [0.25, 0.3) is 0 Å². The lowest BCUT2D eigenvalue weighted by molar-refractivity contribution is 0.0600. The largest absolute Gasteiger partial charge is 0.494 e. The first kappa shape index (κ1) is 19.9. The molecule has 0 radical (unpaired) electrons. The van der Waals surface area contributed by atoms with E-state index >= 15 is 0 Å². The fourth-order valence-corrected chi connectivity index (χ4v) is 2.65. The summed E-state index contributed by atoms with van der Waals surface area (Å²) in [6.07, 6.45) is 3.08. The van der Waals surface area contributed by atoms with E-state index in [9.17, 15) is 9.59 Å². The highest BCUT2D eigenvalue weighted by molar-refractivity contribution is 6.04. The highest BCUT2D eigenvalue weighted by Crippen LogP contribution is 2.20. The average Bonchev–Trinajstić information content (AvgIpc) is 2.75. The van der Waals surface area contributed by atoms with E-state index in [0.29, 0.717) is 34.8 Å². The molecule has 0 spiro atoms. The van der Waals surface area contributed by atoms with Crippen molar-refractivity contribution in [3.8, 4) is 5.75 Å². The number of amides is 1. The summed E-state index contributed by atoms with van der Waals surface area (Å²) < 4.78 is 10.1. The van der Waals surface area contributed by atoms with Crippen molar-refractivity contribution in [1.29, 1.82) is 0 Å². The molecular weight excluding hydrogens is 370 g/mol. The molecule has 0 unspecified atom stereocenters.